The van der Waals surface area contributed by atoms with E-state index in [2.05, 4.69) is 43.0 Å². The van der Waals surface area contributed by atoms with E-state index in [0.717, 1.165) is 12.5 Å². The summed E-state index contributed by atoms with van der Waals surface area (Å²) in [5, 5.41) is 0. The topological polar surface area (TPSA) is 29.3 Å². The van der Waals surface area contributed by atoms with Crippen molar-refractivity contribution in [2.75, 3.05) is 18.0 Å². The quantitative estimate of drug-likeness (QED) is 0.899. The van der Waals surface area contributed by atoms with Gasteiger partial charge in [0.05, 0.1) is 0 Å². The Morgan fingerprint density at radius 3 is 2.58 bits per heavy atom. The van der Waals surface area contributed by atoms with Crippen LogP contribution in [-0.4, -0.2) is 18.6 Å². The van der Waals surface area contributed by atoms with Crippen molar-refractivity contribution < 1.29 is 0 Å². The SMILES string of the molecule is CC(C)(N)C1CN(CC2CCCC2)c2ccccc21. The number of fused-ring (bicyclic) bond motifs is 1. The van der Waals surface area contributed by atoms with Crippen LogP contribution in [-0.2, 0) is 0 Å². The molecule has 2 heteroatoms. The zero-order valence-corrected chi connectivity index (χ0v) is 12.2. The van der Waals surface area contributed by atoms with Gasteiger partial charge in [0.1, 0.15) is 0 Å². The Balaban J connectivity index is 1.84. The van der Waals surface area contributed by atoms with Gasteiger partial charge in [-0.2, -0.15) is 0 Å². The molecule has 1 unspecified atom stereocenters. The van der Waals surface area contributed by atoms with Crippen molar-refractivity contribution in [3.05, 3.63) is 29.8 Å². The molecule has 1 aliphatic heterocycles. The van der Waals surface area contributed by atoms with Crippen molar-refractivity contribution in [3.8, 4) is 0 Å². The van der Waals surface area contributed by atoms with E-state index >= 15 is 0 Å². The third-order valence-electron chi connectivity index (χ3n) is 4.91. The van der Waals surface area contributed by atoms with E-state index < -0.39 is 0 Å². The van der Waals surface area contributed by atoms with Crippen molar-refractivity contribution in [2.24, 2.45) is 11.7 Å². The maximum Gasteiger partial charge on any atom is 0.0403 e. The molecule has 3 rings (SSSR count). The Hall–Kier alpha value is -1.02. The summed E-state index contributed by atoms with van der Waals surface area (Å²) >= 11 is 0. The molecule has 0 saturated heterocycles. The van der Waals surface area contributed by atoms with E-state index in [-0.39, 0.29) is 5.54 Å². The summed E-state index contributed by atoms with van der Waals surface area (Å²) in [4.78, 5) is 2.59. The van der Waals surface area contributed by atoms with Crippen LogP contribution in [0.15, 0.2) is 24.3 Å². The summed E-state index contributed by atoms with van der Waals surface area (Å²) in [7, 11) is 0. The van der Waals surface area contributed by atoms with E-state index in [1.807, 2.05) is 0 Å². The van der Waals surface area contributed by atoms with E-state index in [9.17, 15) is 0 Å². The first-order valence-corrected chi connectivity index (χ1v) is 7.68. The maximum absolute atomic E-state index is 6.40. The number of nitrogens with two attached hydrogens (primary N) is 1. The van der Waals surface area contributed by atoms with Crippen LogP contribution in [0.3, 0.4) is 0 Å². The number of rotatable bonds is 3. The first kappa shape index (κ1) is 13.0. The van der Waals surface area contributed by atoms with Crippen molar-refractivity contribution >= 4 is 5.69 Å². The molecule has 2 aliphatic rings. The lowest BCUT2D eigenvalue weighted by Crippen LogP contribution is -2.42. The van der Waals surface area contributed by atoms with E-state index in [1.165, 1.54) is 43.5 Å². The summed E-state index contributed by atoms with van der Waals surface area (Å²) in [6.07, 6.45) is 5.67. The van der Waals surface area contributed by atoms with Crippen LogP contribution in [0.1, 0.15) is 51.0 Å². The summed E-state index contributed by atoms with van der Waals surface area (Å²) < 4.78 is 0. The van der Waals surface area contributed by atoms with Gasteiger partial charge >= 0.3 is 0 Å². The second kappa shape index (κ2) is 4.82. The van der Waals surface area contributed by atoms with E-state index in [1.54, 1.807) is 0 Å². The Labute approximate surface area is 117 Å². The number of benzene rings is 1. The van der Waals surface area contributed by atoms with Crippen molar-refractivity contribution in [1.82, 2.24) is 0 Å². The molecule has 1 saturated carbocycles. The molecule has 1 heterocycles. The van der Waals surface area contributed by atoms with Crippen LogP contribution in [0.25, 0.3) is 0 Å². The number of anilines is 1. The highest BCUT2D eigenvalue weighted by Crippen LogP contribution is 2.42. The molecule has 1 aromatic rings. The third kappa shape index (κ3) is 2.51. The second-order valence-electron chi connectivity index (χ2n) is 6.99. The van der Waals surface area contributed by atoms with Gasteiger partial charge in [0.15, 0.2) is 0 Å². The molecule has 2 N–H and O–H groups in total. The van der Waals surface area contributed by atoms with Gasteiger partial charge in [-0.15, -0.1) is 0 Å². The molecule has 2 nitrogen and oxygen atoms in total. The molecule has 0 bridgehead atoms. The summed E-state index contributed by atoms with van der Waals surface area (Å²) in [6.45, 7) is 6.64. The Bertz CT molecular complexity index is 441. The first-order chi connectivity index (χ1) is 9.05. The largest absolute Gasteiger partial charge is 0.370 e. The zero-order valence-electron chi connectivity index (χ0n) is 12.2. The minimum Gasteiger partial charge on any atom is -0.370 e. The Morgan fingerprint density at radius 2 is 1.89 bits per heavy atom. The zero-order chi connectivity index (χ0) is 13.5. The monoisotopic (exact) mass is 258 g/mol. The van der Waals surface area contributed by atoms with Crippen LogP contribution in [0.5, 0.6) is 0 Å². The number of hydrogen-bond acceptors (Lipinski definition) is 2. The van der Waals surface area contributed by atoms with Gasteiger partial charge in [0.25, 0.3) is 0 Å². The second-order valence-corrected chi connectivity index (χ2v) is 6.99. The first-order valence-electron chi connectivity index (χ1n) is 7.68. The lowest BCUT2D eigenvalue weighted by Gasteiger charge is -2.29. The Kier molecular flexibility index (Phi) is 3.30. The predicted molar refractivity (Wildman–Crippen MR) is 81.6 cm³/mol. The molecule has 0 amide bonds. The highest BCUT2D eigenvalue weighted by molar-refractivity contribution is 5.61. The van der Waals surface area contributed by atoms with Crippen LogP contribution < -0.4 is 10.6 Å². The number of para-hydroxylation sites is 1. The van der Waals surface area contributed by atoms with Crippen LogP contribution >= 0.6 is 0 Å². The van der Waals surface area contributed by atoms with Crippen molar-refractivity contribution in [3.63, 3.8) is 0 Å². The number of hydrogen-bond donors (Lipinski definition) is 1. The fraction of sp³-hybridized carbons (Fsp3) is 0.647. The number of nitrogens with zero attached hydrogens (tertiary/aromatic N) is 1. The lowest BCUT2D eigenvalue weighted by molar-refractivity contribution is 0.417. The minimum atomic E-state index is -0.138. The van der Waals surface area contributed by atoms with Gasteiger partial charge in [-0.25, -0.2) is 0 Å². The highest BCUT2D eigenvalue weighted by Gasteiger charge is 2.37. The van der Waals surface area contributed by atoms with Gasteiger partial charge < -0.3 is 10.6 Å². The van der Waals surface area contributed by atoms with Gasteiger partial charge in [-0.3, -0.25) is 0 Å². The average molecular weight is 258 g/mol. The smallest absolute Gasteiger partial charge is 0.0403 e. The molecular weight excluding hydrogens is 232 g/mol. The Morgan fingerprint density at radius 1 is 1.21 bits per heavy atom. The highest BCUT2D eigenvalue weighted by atomic mass is 15.2. The van der Waals surface area contributed by atoms with Gasteiger partial charge in [0, 0.05) is 30.2 Å². The molecule has 19 heavy (non-hydrogen) atoms. The molecular formula is C17H26N2. The third-order valence-corrected chi connectivity index (χ3v) is 4.91. The molecule has 1 atom stereocenters. The van der Waals surface area contributed by atoms with E-state index in [4.69, 9.17) is 5.73 Å². The van der Waals surface area contributed by atoms with E-state index in [0.29, 0.717) is 5.92 Å². The van der Waals surface area contributed by atoms with Gasteiger partial charge in [-0.1, -0.05) is 31.0 Å². The molecule has 1 aromatic carbocycles. The molecule has 1 aliphatic carbocycles. The molecule has 0 spiro atoms. The van der Waals surface area contributed by atoms with Gasteiger partial charge in [-0.05, 0) is 44.2 Å². The van der Waals surface area contributed by atoms with Crippen LogP contribution in [0, 0.1) is 5.92 Å². The summed E-state index contributed by atoms with van der Waals surface area (Å²) in [6, 6.07) is 8.85. The normalized spacial score (nSPS) is 23.9. The molecule has 104 valence electrons. The summed E-state index contributed by atoms with van der Waals surface area (Å²) in [5.41, 5.74) is 9.14. The van der Waals surface area contributed by atoms with Crippen molar-refractivity contribution in [2.45, 2.75) is 51.0 Å². The lowest BCUT2D eigenvalue weighted by atomic mass is 9.84. The van der Waals surface area contributed by atoms with Crippen LogP contribution in [0.4, 0.5) is 5.69 Å². The van der Waals surface area contributed by atoms with Crippen LogP contribution in [0.2, 0.25) is 0 Å². The molecule has 1 fully saturated rings. The van der Waals surface area contributed by atoms with Crippen molar-refractivity contribution in [1.29, 1.82) is 0 Å². The molecule has 0 aromatic heterocycles. The summed E-state index contributed by atoms with van der Waals surface area (Å²) in [5.74, 6) is 1.36. The maximum atomic E-state index is 6.40. The molecule has 0 radical (unpaired) electrons. The minimum absolute atomic E-state index is 0.138. The predicted octanol–water partition coefficient (Wildman–Crippen LogP) is 3.52. The standard InChI is InChI=1S/C17H26N2/c1-17(2,18)15-12-19(11-13-7-3-4-8-13)16-10-6-5-9-14(15)16/h5-6,9-10,13,15H,3-4,7-8,11-12,18H2,1-2H3. The van der Waals surface area contributed by atoms with Gasteiger partial charge in [0.2, 0.25) is 0 Å². The average Bonchev–Trinajstić information content (AvgIpc) is 2.97. The fourth-order valence-electron chi connectivity index (χ4n) is 3.80. The fourth-order valence-corrected chi connectivity index (χ4v) is 3.80.